The predicted octanol–water partition coefficient (Wildman–Crippen LogP) is 4.79. The van der Waals surface area contributed by atoms with Gasteiger partial charge < -0.3 is 15.2 Å². The van der Waals surface area contributed by atoms with Crippen molar-refractivity contribution >= 4 is 40.8 Å². The monoisotopic (exact) mass is 377 g/mol. The number of benzene rings is 1. The van der Waals surface area contributed by atoms with E-state index in [1.807, 2.05) is 32.0 Å². The van der Waals surface area contributed by atoms with Crippen LogP contribution in [0.4, 0.5) is 17.6 Å². The third kappa shape index (κ3) is 4.84. The van der Waals surface area contributed by atoms with Crippen LogP contribution in [0.25, 0.3) is 0 Å². The summed E-state index contributed by atoms with van der Waals surface area (Å²) in [7, 11) is 0. The summed E-state index contributed by atoms with van der Waals surface area (Å²) in [6.45, 7) is 4.41. The molecular formula is C17H17Cl2N5O. The average Bonchev–Trinajstić information content (AvgIpc) is 2.94. The molecule has 2 heterocycles. The van der Waals surface area contributed by atoms with E-state index in [0.29, 0.717) is 34.1 Å². The molecular weight excluding hydrogens is 361 g/mol. The molecule has 25 heavy (non-hydrogen) atoms. The zero-order chi connectivity index (χ0) is 17.8. The summed E-state index contributed by atoms with van der Waals surface area (Å²) in [6.07, 6.45) is 0.754. The van der Waals surface area contributed by atoms with Crippen LogP contribution in [0.2, 0.25) is 10.0 Å². The summed E-state index contributed by atoms with van der Waals surface area (Å²) in [5.41, 5.74) is 1.87. The molecule has 1 aromatic carbocycles. The van der Waals surface area contributed by atoms with Crippen LogP contribution in [-0.2, 0) is 6.42 Å². The number of nitrogens with one attached hydrogen (secondary N) is 2. The summed E-state index contributed by atoms with van der Waals surface area (Å²) in [5.74, 6) is 2.47. The van der Waals surface area contributed by atoms with Crippen molar-refractivity contribution in [2.45, 2.75) is 20.3 Å². The van der Waals surface area contributed by atoms with Crippen LogP contribution >= 0.6 is 23.2 Å². The van der Waals surface area contributed by atoms with Gasteiger partial charge in [0.1, 0.15) is 11.6 Å². The highest BCUT2D eigenvalue weighted by molar-refractivity contribution is 6.35. The minimum atomic E-state index is 0.459. The van der Waals surface area contributed by atoms with E-state index in [-0.39, 0.29) is 0 Å². The first-order chi connectivity index (χ1) is 12.0. The SMILES string of the molecule is Cc1cc(NCCc2ccc(Cl)cc2Cl)nc(Nc2cc(C)on2)n1. The van der Waals surface area contributed by atoms with Crippen molar-refractivity contribution in [1.82, 2.24) is 15.1 Å². The molecule has 0 unspecified atom stereocenters. The first kappa shape index (κ1) is 17.5. The van der Waals surface area contributed by atoms with Crippen molar-refractivity contribution in [2.24, 2.45) is 0 Å². The zero-order valence-electron chi connectivity index (χ0n) is 13.8. The quantitative estimate of drug-likeness (QED) is 0.643. The maximum Gasteiger partial charge on any atom is 0.230 e. The van der Waals surface area contributed by atoms with Gasteiger partial charge in [-0.15, -0.1) is 0 Å². The van der Waals surface area contributed by atoms with Crippen LogP contribution in [0.15, 0.2) is 34.9 Å². The van der Waals surface area contributed by atoms with Gasteiger partial charge in [-0.25, -0.2) is 4.98 Å². The number of anilines is 3. The molecule has 0 fully saturated rings. The van der Waals surface area contributed by atoms with Gasteiger partial charge in [0.15, 0.2) is 5.82 Å². The molecule has 3 rings (SSSR count). The normalized spacial score (nSPS) is 10.7. The summed E-state index contributed by atoms with van der Waals surface area (Å²) in [6, 6.07) is 9.16. The van der Waals surface area contributed by atoms with E-state index in [2.05, 4.69) is 25.8 Å². The second-order valence-electron chi connectivity index (χ2n) is 5.58. The Labute approximate surface area is 155 Å². The lowest BCUT2D eigenvalue weighted by molar-refractivity contribution is 0.400. The van der Waals surface area contributed by atoms with Crippen molar-refractivity contribution in [3.05, 3.63) is 57.4 Å². The largest absolute Gasteiger partial charge is 0.370 e. The van der Waals surface area contributed by atoms with E-state index >= 15 is 0 Å². The molecule has 0 aliphatic heterocycles. The summed E-state index contributed by atoms with van der Waals surface area (Å²) >= 11 is 12.1. The standard InChI is InChI=1S/C17H17Cl2N5O/c1-10-7-15(20-6-5-12-3-4-13(18)9-14(12)19)22-17(21-10)23-16-8-11(2)25-24-16/h3-4,7-9H,5-6H2,1-2H3,(H2,20,21,22,23,24). The molecule has 0 spiro atoms. The van der Waals surface area contributed by atoms with Crippen LogP contribution in [0.3, 0.4) is 0 Å². The number of nitrogens with zero attached hydrogens (tertiary/aromatic N) is 3. The van der Waals surface area contributed by atoms with E-state index in [1.165, 1.54) is 0 Å². The Hall–Kier alpha value is -2.31. The van der Waals surface area contributed by atoms with Crippen molar-refractivity contribution in [3.8, 4) is 0 Å². The number of hydrogen-bond acceptors (Lipinski definition) is 6. The van der Waals surface area contributed by atoms with Gasteiger partial charge in [0.05, 0.1) is 0 Å². The third-order valence-corrected chi connectivity index (χ3v) is 4.02. The molecule has 0 bridgehead atoms. The fourth-order valence-electron chi connectivity index (χ4n) is 2.30. The van der Waals surface area contributed by atoms with Crippen LogP contribution in [-0.4, -0.2) is 21.7 Å². The lowest BCUT2D eigenvalue weighted by Gasteiger charge is -2.09. The maximum atomic E-state index is 6.19. The molecule has 0 aliphatic carbocycles. The molecule has 2 aromatic heterocycles. The van der Waals surface area contributed by atoms with Gasteiger partial charge in [0.2, 0.25) is 5.95 Å². The number of halogens is 2. The van der Waals surface area contributed by atoms with Crippen molar-refractivity contribution in [2.75, 3.05) is 17.2 Å². The molecule has 130 valence electrons. The number of aromatic nitrogens is 3. The summed E-state index contributed by atoms with van der Waals surface area (Å²) in [5, 5.41) is 11.5. The van der Waals surface area contributed by atoms with Gasteiger partial charge in [-0.3, -0.25) is 0 Å². The molecule has 8 heteroatoms. The molecule has 3 aromatic rings. The Bertz CT molecular complexity index is 881. The Morgan fingerprint density at radius 3 is 2.60 bits per heavy atom. The zero-order valence-corrected chi connectivity index (χ0v) is 15.3. The van der Waals surface area contributed by atoms with Gasteiger partial charge >= 0.3 is 0 Å². The van der Waals surface area contributed by atoms with Crippen molar-refractivity contribution in [3.63, 3.8) is 0 Å². The summed E-state index contributed by atoms with van der Waals surface area (Å²) < 4.78 is 5.03. The molecule has 0 saturated carbocycles. The van der Waals surface area contributed by atoms with Crippen molar-refractivity contribution in [1.29, 1.82) is 0 Å². The smallest absolute Gasteiger partial charge is 0.230 e. The highest BCUT2D eigenvalue weighted by atomic mass is 35.5. The van der Waals surface area contributed by atoms with E-state index < -0.39 is 0 Å². The second kappa shape index (κ2) is 7.72. The first-order valence-electron chi connectivity index (χ1n) is 7.73. The van der Waals surface area contributed by atoms with Gasteiger partial charge in [-0.05, 0) is 38.0 Å². The predicted molar refractivity (Wildman–Crippen MR) is 99.9 cm³/mol. The molecule has 6 nitrogen and oxygen atoms in total. The fraction of sp³-hybridized carbons (Fsp3) is 0.235. The van der Waals surface area contributed by atoms with Gasteiger partial charge in [0.25, 0.3) is 0 Å². The molecule has 0 saturated heterocycles. The summed E-state index contributed by atoms with van der Waals surface area (Å²) in [4.78, 5) is 8.79. The third-order valence-electron chi connectivity index (χ3n) is 3.44. The molecule has 2 N–H and O–H groups in total. The topological polar surface area (TPSA) is 75.9 Å². The Morgan fingerprint density at radius 2 is 1.88 bits per heavy atom. The van der Waals surface area contributed by atoms with E-state index in [9.17, 15) is 0 Å². The van der Waals surface area contributed by atoms with Gasteiger partial charge in [-0.1, -0.05) is 34.4 Å². The Morgan fingerprint density at radius 1 is 1.04 bits per heavy atom. The van der Waals surface area contributed by atoms with Gasteiger partial charge in [0, 0.05) is 34.4 Å². The highest BCUT2D eigenvalue weighted by Crippen LogP contribution is 2.21. The van der Waals surface area contributed by atoms with Crippen LogP contribution in [0, 0.1) is 13.8 Å². The number of rotatable bonds is 6. The van der Waals surface area contributed by atoms with Crippen LogP contribution in [0.5, 0.6) is 0 Å². The van der Waals surface area contributed by atoms with Gasteiger partial charge in [-0.2, -0.15) is 4.98 Å². The van der Waals surface area contributed by atoms with E-state index in [1.54, 1.807) is 12.1 Å². The fourth-order valence-corrected chi connectivity index (χ4v) is 2.81. The average molecular weight is 378 g/mol. The van der Waals surface area contributed by atoms with E-state index in [4.69, 9.17) is 27.7 Å². The molecule has 0 aliphatic rings. The maximum absolute atomic E-state index is 6.19. The minimum absolute atomic E-state index is 0.459. The molecule has 0 amide bonds. The molecule has 0 atom stereocenters. The molecule has 0 radical (unpaired) electrons. The first-order valence-corrected chi connectivity index (χ1v) is 8.49. The number of aryl methyl sites for hydroxylation is 2. The lowest BCUT2D eigenvalue weighted by Crippen LogP contribution is -2.09. The minimum Gasteiger partial charge on any atom is -0.370 e. The second-order valence-corrected chi connectivity index (χ2v) is 6.42. The van der Waals surface area contributed by atoms with Crippen LogP contribution in [0.1, 0.15) is 17.0 Å². The van der Waals surface area contributed by atoms with Crippen molar-refractivity contribution < 1.29 is 4.52 Å². The van der Waals surface area contributed by atoms with E-state index in [0.717, 1.165) is 23.5 Å². The highest BCUT2D eigenvalue weighted by Gasteiger charge is 2.06. The Kier molecular flexibility index (Phi) is 5.40. The van der Waals surface area contributed by atoms with Crippen LogP contribution < -0.4 is 10.6 Å². The lowest BCUT2D eigenvalue weighted by atomic mass is 10.1. The number of hydrogen-bond donors (Lipinski definition) is 2. The Balaban J connectivity index is 1.64.